The van der Waals surface area contributed by atoms with E-state index in [-0.39, 0.29) is 26.3 Å². The number of carbonyl (C=O) groups excluding carboxylic acids is 2. The first-order valence-corrected chi connectivity index (χ1v) is 4.50. The van der Waals surface area contributed by atoms with Crippen molar-refractivity contribution in [2.45, 2.75) is 0 Å². The summed E-state index contributed by atoms with van der Waals surface area (Å²) in [4.78, 5) is 25.3. The van der Waals surface area contributed by atoms with Gasteiger partial charge in [-0.1, -0.05) is 0 Å². The molecular formula is C8H14N2O4. The molecule has 0 aromatic rings. The molecule has 0 atom stereocenters. The van der Waals surface area contributed by atoms with E-state index in [1.165, 1.54) is 9.80 Å². The molecule has 0 saturated carbocycles. The summed E-state index contributed by atoms with van der Waals surface area (Å²) >= 11 is 0. The summed E-state index contributed by atoms with van der Waals surface area (Å²) in [6.45, 7) is 0.948. The Morgan fingerprint density at radius 2 is 1.29 bits per heavy atom. The number of piperazine rings is 1. The van der Waals surface area contributed by atoms with Crippen molar-refractivity contribution in [1.29, 1.82) is 0 Å². The summed E-state index contributed by atoms with van der Waals surface area (Å²) < 4.78 is 0. The quantitative estimate of drug-likeness (QED) is 0.500. The number of β-amino-alcohol motifs (C(OH)–C–C–N with tert-alkyl or cyclic N) is 2. The molecule has 80 valence electrons. The monoisotopic (exact) mass is 202 g/mol. The van der Waals surface area contributed by atoms with Crippen LogP contribution in [0.25, 0.3) is 0 Å². The van der Waals surface area contributed by atoms with Gasteiger partial charge < -0.3 is 20.0 Å². The summed E-state index contributed by atoms with van der Waals surface area (Å²) in [7, 11) is 0. The lowest BCUT2D eigenvalue weighted by Crippen LogP contribution is -2.55. The van der Waals surface area contributed by atoms with Crippen LogP contribution in [-0.2, 0) is 9.59 Å². The van der Waals surface area contributed by atoms with Gasteiger partial charge in [0.2, 0.25) is 0 Å². The Morgan fingerprint density at radius 3 is 1.57 bits per heavy atom. The van der Waals surface area contributed by atoms with Crippen molar-refractivity contribution in [3.05, 3.63) is 0 Å². The number of aliphatic hydroxyl groups is 2. The van der Waals surface area contributed by atoms with Crippen molar-refractivity contribution >= 4 is 11.8 Å². The van der Waals surface area contributed by atoms with Gasteiger partial charge in [-0.05, 0) is 0 Å². The first kappa shape index (κ1) is 10.9. The third-order valence-electron chi connectivity index (χ3n) is 2.14. The van der Waals surface area contributed by atoms with Crippen molar-refractivity contribution in [3.63, 3.8) is 0 Å². The highest BCUT2D eigenvalue weighted by atomic mass is 16.3. The summed E-state index contributed by atoms with van der Waals surface area (Å²) in [5.41, 5.74) is 0. The van der Waals surface area contributed by atoms with Crippen LogP contribution < -0.4 is 0 Å². The van der Waals surface area contributed by atoms with E-state index in [9.17, 15) is 9.59 Å². The molecule has 0 aromatic carbocycles. The fourth-order valence-electron chi connectivity index (χ4n) is 1.38. The highest BCUT2D eigenvalue weighted by molar-refractivity contribution is 6.35. The van der Waals surface area contributed by atoms with E-state index in [4.69, 9.17) is 10.2 Å². The summed E-state index contributed by atoms with van der Waals surface area (Å²) in [5, 5.41) is 17.3. The Labute approximate surface area is 81.7 Å². The van der Waals surface area contributed by atoms with Crippen LogP contribution in [0.1, 0.15) is 0 Å². The Kier molecular flexibility index (Phi) is 3.84. The Hall–Kier alpha value is -1.14. The van der Waals surface area contributed by atoms with E-state index < -0.39 is 11.8 Å². The zero-order chi connectivity index (χ0) is 10.6. The van der Waals surface area contributed by atoms with Crippen molar-refractivity contribution in [2.24, 2.45) is 0 Å². The van der Waals surface area contributed by atoms with Crippen molar-refractivity contribution in [1.82, 2.24) is 9.80 Å². The van der Waals surface area contributed by atoms with Crippen molar-refractivity contribution in [3.8, 4) is 0 Å². The molecule has 1 rings (SSSR count). The normalized spacial score (nSPS) is 17.9. The topological polar surface area (TPSA) is 81.1 Å². The maximum Gasteiger partial charge on any atom is 0.312 e. The lowest BCUT2D eigenvalue weighted by Gasteiger charge is -2.32. The molecule has 2 N–H and O–H groups in total. The second kappa shape index (κ2) is 4.92. The fraction of sp³-hybridized carbons (Fsp3) is 0.750. The number of amides is 2. The van der Waals surface area contributed by atoms with Gasteiger partial charge in [-0.15, -0.1) is 0 Å². The molecule has 1 aliphatic rings. The van der Waals surface area contributed by atoms with Gasteiger partial charge in [0.15, 0.2) is 0 Å². The average molecular weight is 202 g/mol. The SMILES string of the molecule is O=C1C(=O)N(CCO)CCN1CCO. The lowest BCUT2D eigenvalue weighted by atomic mass is 10.3. The van der Waals surface area contributed by atoms with Gasteiger partial charge in [0.1, 0.15) is 0 Å². The smallest absolute Gasteiger partial charge is 0.312 e. The molecule has 0 unspecified atom stereocenters. The first-order valence-electron chi connectivity index (χ1n) is 4.50. The van der Waals surface area contributed by atoms with Gasteiger partial charge in [0, 0.05) is 26.2 Å². The summed E-state index contributed by atoms with van der Waals surface area (Å²) in [6.07, 6.45) is 0. The van der Waals surface area contributed by atoms with Crippen LogP contribution >= 0.6 is 0 Å². The molecule has 1 aliphatic heterocycles. The van der Waals surface area contributed by atoms with Gasteiger partial charge in [-0.3, -0.25) is 9.59 Å². The van der Waals surface area contributed by atoms with Crippen LogP contribution in [0.2, 0.25) is 0 Å². The Bertz CT molecular complexity index is 207. The second-order valence-electron chi connectivity index (χ2n) is 3.03. The number of carbonyl (C=O) groups is 2. The molecule has 0 aromatic heterocycles. The minimum atomic E-state index is -0.598. The number of hydrogen-bond donors (Lipinski definition) is 2. The standard InChI is InChI=1S/C8H14N2O4/c11-5-3-9-1-2-10(4-6-12)8(14)7(9)13/h11-12H,1-6H2. The van der Waals surface area contributed by atoms with Crippen molar-refractivity contribution in [2.75, 3.05) is 39.4 Å². The molecule has 14 heavy (non-hydrogen) atoms. The molecular weight excluding hydrogens is 188 g/mol. The van der Waals surface area contributed by atoms with Crippen molar-refractivity contribution < 1.29 is 19.8 Å². The number of nitrogens with zero attached hydrogens (tertiary/aromatic N) is 2. The van der Waals surface area contributed by atoms with Crippen LogP contribution in [-0.4, -0.2) is 71.2 Å². The zero-order valence-corrected chi connectivity index (χ0v) is 7.85. The van der Waals surface area contributed by atoms with Gasteiger partial charge in [-0.25, -0.2) is 0 Å². The van der Waals surface area contributed by atoms with E-state index in [0.29, 0.717) is 13.1 Å². The number of aliphatic hydroxyl groups excluding tert-OH is 2. The van der Waals surface area contributed by atoms with E-state index in [0.717, 1.165) is 0 Å². The minimum absolute atomic E-state index is 0.140. The highest BCUT2D eigenvalue weighted by Gasteiger charge is 2.31. The Balaban J connectivity index is 2.55. The van der Waals surface area contributed by atoms with Crippen LogP contribution in [0.4, 0.5) is 0 Å². The predicted octanol–water partition coefficient (Wildman–Crippen LogP) is -2.36. The largest absolute Gasteiger partial charge is 0.395 e. The Morgan fingerprint density at radius 1 is 0.929 bits per heavy atom. The summed E-state index contributed by atoms with van der Waals surface area (Å²) in [5.74, 6) is -1.20. The molecule has 1 saturated heterocycles. The van der Waals surface area contributed by atoms with Gasteiger partial charge >= 0.3 is 11.8 Å². The van der Waals surface area contributed by atoms with Crippen LogP contribution in [0.15, 0.2) is 0 Å². The van der Waals surface area contributed by atoms with Crippen LogP contribution in [0.3, 0.4) is 0 Å². The van der Waals surface area contributed by atoms with Crippen LogP contribution in [0, 0.1) is 0 Å². The molecule has 6 heteroatoms. The maximum atomic E-state index is 11.3. The molecule has 0 aliphatic carbocycles. The average Bonchev–Trinajstić information content (AvgIpc) is 2.18. The molecule has 1 fully saturated rings. The first-order chi connectivity index (χ1) is 6.70. The third-order valence-corrected chi connectivity index (χ3v) is 2.14. The van der Waals surface area contributed by atoms with Gasteiger partial charge in [-0.2, -0.15) is 0 Å². The fourth-order valence-corrected chi connectivity index (χ4v) is 1.38. The van der Waals surface area contributed by atoms with Gasteiger partial charge in [0.05, 0.1) is 13.2 Å². The number of rotatable bonds is 4. The lowest BCUT2D eigenvalue weighted by molar-refractivity contribution is -0.156. The molecule has 0 bridgehead atoms. The summed E-state index contributed by atoms with van der Waals surface area (Å²) in [6, 6.07) is 0. The van der Waals surface area contributed by atoms with E-state index in [2.05, 4.69) is 0 Å². The third kappa shape index (κ3) is 2.21. The molecule has 6 nitrogen and oxygen atoms in total. The molecule has 2 amide bonds. The minimum Gasteiger partial charge on any atom is -0.395 e. The highest BCUT2D eigenvalue weighted by Crippen LogP contribution is 2.03. The van der Waals surface area contributed by atoms with E-state index in [1.54, 1.807) is 0 Å². The van der Waals surface area contributed by atoms with E-state index in [1.807, 2.05) is 0 Å². The molecule has 0 spiro atoms. The van der Waals surface area contributed by atoms with E-state index >= 15 is 0 Å². The van der Waals surface area contributed by atoms with Crippen LogP contribution in [0.5, 0.6) is 0 Å². The predicted molar refractivity (Wildman–Crippen MR) is 47.3 cm³/mol. The van der Waals surface area contributed by atoms with Gasteiger partial charge in [0.25, 0.3) is 0 Å². The number of hydrogen-bond acceptors (Lipinski definition) is 4. The second-order valence-corrected chi connectivity index (χ2v) is 3.03. The molecule has 1 heterocycles. The molecule has 0 radical (unpaired) electrons. The maximum absolute atomic E-state index is 11.3. The zero-order valence-electron chi connectivity index (χ0n) is 7.85.